The van der Waals surface area contributed by atoms with Crippen LogP contribution in [-0.4, -0.2) is 47.5 Å². The summed E-state index contributed by atoms with van der Waals surface area (Å²) in [4.78, 5) is 16.0. The SMILES string of the molecule is CN(C)C(=O)CC[C@H]1CCCN(Cc2cc3cc(F)ccc3n2C)C1. The zero-order chi connectivity index (χ0) is 18.0. The second kappa shape index (κ2) is 7.56. The molecule has 0 N–H and O–H groups in total. The van der Waals surface area contributed by atoms with Gasteiger partial charge in [-0.15, -0.1) is 0 Å². The number of hydrogen-bond acceptors (Lipinski definition) is 2. The quantitative estimate of drug-likeness (QED) is 0.831. The van der Waals surface area contributed by atoms with Gasteiger partial charge in [-0.25, -0.2) is 4.39 Å². The molecular formula is C20H28FN3O. The van der Waals surface area contributed by atoms with Crippen LogP contribution in [0.25, 0.3) is 10.9 Å². The van der Waals surface area contributed by atoms with Crippen LogP contribution in [0.3, 0.4) is 0 Å². The molecule has 1 aromatic heterocycles. The molecule has 0 radical (unpaired) electrons. The summed E-state index contributed by atoms with van der Waals surface area (Å²) in [6.07, 6.45) is 3.99. The number of carbonyl (C=O) groups excluding carboxylic acids is 1. The molecule has 0 unspecified atom stereocenters. The van der Waals surface area contributed by atoms with E-state index in [2.05, 4.69) is 15.5 Å². The first-order chi connectivity index (χ1) is 11.9. The molecule has 2 aromatic rings. The maximum absolute atomic E-state index is 13.4. The number of carbonyl (C=O) groups is 1. The Labute approximate surface area is 149 Å². The molecule has 1 saturated heterocycles. The zero-order valence-electron chi connectivity index (χ0n) is 15.5. The molecule has 0 bridgehead atoms. The number of aryl methyl sites for hydroxylation is 1. The molecule has 1 fully saturated rings. The maximum Gasteiger partial charge on any atom is 0.222 e. The van der Waals surface area contributed by atoms with Crippen molar-refractivity contribution < 1.29 is 9.18 Å². The Hall–Kier alpha value is -1.88. The van der Waals surface area contributed by atoms with E-state index in [1.165, 1.54) is 24.6 Å². The van der Waals surface area contributed by atoms with Crippen LogP contribution in [0.15, 0.2) is 24.3 Å². The lowest BCUT2D eigenvalue weighted by Crippen LogP contribution is -2.36. The van der Waals surface area contributed by atoms with Gasteiger partial charge in [0.2, 0.25) is 5.91 Å². The van der Waals surface area contributed by atoms with Gasteiger partial charge >= 0.3 is 0 Å². The number of hydrogen-bond donors (Lipinski definition) is 0. The lowest BCUT2D eigenvalue weighted by Gasteiger charge is -2.33. The number of benzene rings is 1. The lowest BCUT2D eigenvalue weighted by molar-refractivity contribution is -0.129. The van der Waals surface area contributed by atoms with Gasteiger partial charge in [0.05, 0.1) is 0 Å². The van der Waals surface area contributed by atoms with Crippen LogP contribution in [0.2, 0.25) is 0 Å². The van der Waals surface area contributed by atoms with E-state index in [1.807, 2.05) is 27.2 Å². The van der Waals surface area contributed by atoms with Crippen molar-refractivity contribution in [2.24, 2.45) is 13.0 Å². The van der Waals surface area contributed by atoms with Crippen LogP contribution in [0.5, 0.6) is 0 Å². The Bertz CT molecular complexity index is 753. The van der Waals surface area contributed by atoms with Gasteiger partial charge in [0.15, 0.2) is 0 Å². The van der Waals surface area contributed by atoms with Crippen LogP contribution in [0, 0.1) is 11.7 Å². The largest absolute Gasteiger partial charge is 0.349 e. The number of aromatic nitrogens is 1. The van der Waals surface area contributed by atoms with Gasteiger partial charge in [0.1, 0.15) is 5.82 Å². The third-order valence-electron chi connectivity index (χ3n) is 5.36. The minimum atomic E-state index is -0.187. The van der Waals surface area contributed by atoms with E-state index in [-0.39, 0.29) is 11.7 Å². The predicted octanol–water partition coefficient (Wildman–Crippen LogP) is 3.40. The number of fused-ring (bicyclic) bond motifs is 1. The van der Waals surface area contributed by atoms with Crippen molar-refractivity contribution in [2.75, 3.05) is 27.2 Å². The molecule has 3 rings (SSSR count). The highest BCUT2D eigenvalue weighted by Gasteiger charge is 2.22. The molecule has 0 saturated carbocycles. The van der Waals surface area contributed by atoms with Crippen molar-refractivity contribution in [1.29, 1.82) is 0 Å². The molecule has 1 amide bonds. The van der Waals surface area contributed by atoms with Crippen molar-refractivity contribution in [1.82, 2.24) is 14.4 Å². The van der Waals surface area contributed by atoms with Gasteiger partial charge in [-0.3, -0.25) is 9.69 Å². The molecule has 0 spiro atoms. The Morgan fingerprint density at radius 1 is 1.32 bits per heavy atom. The average molecular weight is 345 g/mol. The molecule has 0 aliphatic carbocycles. The second-order valence-electron chi connectivity index (χ2n) is 7.47. The fraction of sp³-hybridized carbons (Fsp3) is 0.550. The minimum Gasteiger partial charge on any atom is -0.349 e. The molecule has 2 heterocycles. The van der Waals surface area contributed by atoms with Gasteiger partial charge < -0.3 is 9.47 Å². The normalized spacial score (nSPS) is 18.6. The van der Waals surface area contributed by atoms with Crippen molar-refractivity contribution in [3.8, 4) is 0 Å². The van der Waals surface area contributed by atoms with E-state index in [9.17, 15) is 9.18 Å². The number of halogens is 1. The van der Waals surface area contributed by atoms with E-state index in [0.717, 1.165) is 37.0 Å². The number of amides is 1. The molecule has 136 valence electrons. The Morgan fingerprint density at radius 2 is 2.12 bits per heavy atom. The van der Waals surface area contributed by atoms with Crippen LogP contribution in [0.4, 0.5) is 4.39 Å². The number of nitrogens with zero attached hydrogens (tertiary/aromatic N) is 3. The summed E-state index contributed by atoms with van der Waals surface area (Å²) in [6.45, 7) is 3.01. The van der Waals surface area contributed by atoms with E-state index in [0.29, 0.717) is 12.3 Å². The standard InChI is InChI=1S/C20H28FN3O/c1-22(2)20(25)9-6-15-5-4-10-24(13-15)14-18-12-16-11-17(21)7-8-19(16)23(18)3/h7-8,11-12,15H,4-6,9-10,13-14H2,1-3H3/t15-/m1/s1. The zero-order valence-corrected chi connectivity index (χ0v) is 15.5. The minimum absolute atomic E-state index is 0.187. The van der Waals surface area contributed by atoms with Crippen LogP contribution < -0.4 is 0 Å². The third-order valence-corrected chi connectivity index (χ3v) is 5.36. The summed E-state index contributed by atoms with van der Waals surface area (Å²) in [5, 5.41) is 0.961. The lowest BCUT2D eigenvalue weighted by atomic mass is 9.93. The first-order valence-electron chi connectivity index (χ1n) is 9.10. The predicted molar refractivity (Wildman–Crippen MR) is 98.8 cm³/mol. The summed E-state index contributed by atoms with van der Waals surface area (Å²) < 4.78 is 15.6. The molecule has 1 atom stereocenters. The molecular weight excluding hydrogens is 317 g/mol. The molecule has 1 aliphatic rings. The van der Waals surface area contributed by atoms with E-state index < -0.39 is 0 Å². The summed E-state index contributed by atoms with van der Waals surface area (Å²) in [7, 11) is 5.68. The van der Waals surface area contributed by atoms with Crippen LogP contribution in [-0.2, 0) is 18.4 Å². The van der Waals surface area contributed by atoms with Crippen molar-refractivity contribution in [2.45, 2.75) is 32.2 Å². The summed E-state index contributed by atoms with van der Waals surface area (Å²) in [5.74, 6) is 0.617. The van der Waals surface area contributed by atoms with Crippen LogP contribution >= 0.6 is 0 Å². The first-order valence-corrected chi connectivity index (χ1v) is 9.10. The Kier molecular flexibility index (Phi) is 5.42. The molecule has 5 heteroatoms. The average Bonchev–Trinajstić information content (AvgIpc) is 2.88. The van der Waals surface area contributed by atoms with Gasteiger partial charge in [-0.05, 0) is 56.0 Å². The van der Waals surface area contributed by atoms with Crippen molar-refractivity contribution >= 4 is 16.8 Å². The summed E-state index contributed by atoms with van der Waals surface area (Å²) in [5.41, 5.74) is 2.28. The maximum atomic E-state index is 13.4. The van der Waals surface area contributed by atoms with Crippen LogP contribution in [0.1, 0.15) is 31.4 Å². The Balaban J connectivity index is 1.63. The summed E-state index contributed by atoms with van der Waals surface area (Å²) in [6, 6.07) is 7.06. The summed E-state index contributed by atoms with van der Waals surface area (Å²) >= 11 is 0. The molecule has 4 nitrogen and oxygen atoms in total. The fourth-order valence-electron chi connectivity index (χ4n) is 3.84. The van der Waals surface area contributed by atoms with Crippen molar-refractivity contribution in [3.05, 3.63) is 35.8 Å². The number of likely N-dealkylation sites (tertiary alicyclic amines) is 1. The fourth-order valence-corrected chi connectivity index (χ4v) is 3.84. The third kappa shape index (κ3) is 4.21. The van der Waals surface area contributed by atoms with E-state index in [1.54, 1.807) is 11.0 Å². The molecule has 1 aromatic carbocycles. The first kappa shape index (κ1) is 17.9. The van der Waals surface area contributed by atoms with Gasteiger partial charge in [0, 0.05) is 57.3 Å². The topological polar surface area (TPSA) is 28.5 Å². The van der Waals surface area contributed by atoms with Gasteiger partial charge in [-0.1, -0.05) is 0 Å². The number of rotatable bonds is 5. The smallest absolute Gasteiger partial charge is 0.222 e. The molecule has 25 heavy (non-hydrogen) atoms. The second-order valence-corrected chi connectivity index (χ2v) is 7.47. The molecule has 1 aliphatic heterocycles. The van der Waals surface area contributed by atoms with Crippen molar-refractivity contribution in [3.63, 3.8) is 0 Å². The number of piperidine rings is 1. The van der Waals surface area contributed by atoms with E-state index in [4.69, 9.17) is 0 Å². The highest BCUT2D eigenvalue weighted by Crippen LogP contribution is 2.25. The monoisotopic (exact) mass is 345 g/mol. The van der Waals surface area contributed by atoms with Gasteiger partial charge in [0.25, 0.3) is 0 Å². The highest BCUT2D eigenvalue weighted by molar-refractivity contribution is 5.81. The van der Waals surface area contributed by atoms with E-state index >= 15 is 0 Å². The van der Waals surface area contributed by atoms with Gasteiger partial charge in [-0.2, -0.15) is 0 Å². The highest BCUT2D eigenvalue weighted by atomic mass is 19.1. The Morgan fingerprint density at radius 3 is 2.88 bits per heavy atom.